The van der Waals surface area contributed by atoms with E-state index >= 15 is 0 Å². The molecule has 7 heteroatoms. The molecule has 25 heavy (non-hydrogen) atoms. The summed E-state index contributed by atoms with van der Waals surface area (Å²) in [5, 5.41) is 10.6. The SMILES string of the molecule is O=C(OCC(=O)N1CCc2ccccc2C1)c1ccc([N+](=O)[O-])cc1. The minimum absolute atomic E-state index is 0.111. The molecule has 0 atom stereocenters. The van der Waals surface area contributed by atoms with Gasteiger partial charge in [0.15, 0.2) is 6.61 Å². The number of fused-ring (bicyclic) bond motifs is 1. The summed E-state index contributed by atoms with van der Waals surface area (Å²) in [4.78, 5) is 35.9. The van der Waals surface area contributed by atoms with Crippen molar-refractivity contribution >= 4 is 17.6 Å². The van der Waals surface area contributed by atoms with Crippen molar-refractivity contribution in [2.45, 2.75) is 13.0 Å². The topological polar surface area (TPSA) is 89.8 Å². The molecule has 1 aliphatic rings. The zero-order chi connectivity index (χ0) is 17.8. The van der Waals surface area contributed by atoms with Crippen LogP contribution in [0.5, 0.6) is 0 Å². The van der Waals surface area contributed by atoms with E-state index in [1.807, 2.05) is 24.3 Å². The second-order valence-electron chi connectivity index (χ2n) is 5.71. The van der Waals surface area contributed by atoms with Crippen molar-refractivity contribution in [3.63, 3.8) is 0 Å². The first-order valence-corrected chi connectivity index (χ1v) is 7.81. The largest absolute Gasteiger partial charge is 0.452 e. The molecule has 2 aromatic rings. The number of carbonyl (C=O) groups is 2. The van der Waals surface area contributed by atoms with Crippen LogP contribution in [0.3, 0.4) is 0 Å². The number of non-ortho nitro benzene ring substituents is 1. The molecule has 0 unspecified atom stereocenters. The zero-order valence-corrected chi connectivity index (χ0v) is 13.4. The summed E-state index contributed by atoms with van der Waals surface area (Å²) in [7, 11) is 0. The van der Waals surface area contributed by atoms with Gasteiger partial charge in [0.25, 0.3) is 11.6 Å². The average molecular weight is 340 g/mol. The highest BCUT2D eigenvalue weighted by Gasteiger charge is 2.21. The highest BCUT2D eigenvalue weighted by atomic mass is 16.6. The lowest BCUT2D eigenvalue weighted by Crippen LogP contribution is -2.38. The van der Waals surface area contributed by atoms with E-state index in [1.54, 1.807) is 4.90 Å². The van der Waals surface area contributed by atoms with Gasteiger partial charge in [0.2, 0.25) is 0 Å². The van der Waals surface area contributed by atoms with E-state index in [9.17, 15) is 19.7 Å². The van der Waals surface area contributed by atoms with Crippen LogP contribution in [0.25, 0.3) is 0 Å². The number of carbonyl (C=O) groups excluding carboxylic acids is 2. The van der Waals surface area contributed by atoms with Gasteiger partial charge in [-0.1, -0.05) is 24.3 Å². The van der Waals surface area contributed by atoms with Crippen molar-refractivity contribution in [2.75, 3.05) is 13.2 Å². The Labute approximate surface area is 144 Å². The predicted octanol–water partition coefficient (Wildman–Crippen LogP) is 2.34. The summed E-state index contributed by atoms with van der Waals surface area (Å²) >= 11 is 0. The Morgan fingerprint density at radius 2 is 1.76 bits per heavy atom. The Balaban J connectivity index is 1.55. The summed E-state index contributed by atoms with van der Waals surface area (Å²) in [5.41, 5.74) is 2.39. The fraction of sp³-hybridized carbons (Fsp3) is 0.222. The van der Waals surface area contributed by atoms with Crippen LogP contribution in [0.4, 0.5) is 5.69 Å². The van der Waals surface area contributed by atoms with E-state index in [2.05, 4.69) is 0 Å². The smallest absolute Gasteiger partial charge is 0.338 e. The first-order valence-electron chi connectivity index (χ1n) is 7.81. The fourth-order valence-electron chi connectivity index (χ4n) is 2.73. The average Bonchev–Trinajstić information content (AvgIpc) is 2.65. The van der Waals surface area contributed by atoms with Crippen LogP contribution in [-0.2, 0) is 22.5 Å². The number of amides is 1. The minimum Gasteiger partial charge on any atom is -0.452 e. The lowest BCUT2D eigenvalue weighted by molar-refractivity contribution is -0.384. The Kier molecular flexibility index (Phi) is 4.74. The molecule has 128 valence electrons. The molecule has 3 rings (SSSR count). The van der Waals surface area contributed by atoms with Gasteiger partial charge in [0.05, 0.1) is 10.5 Å². The number of nitro groups is 1. The van der Waals surface area contributed by atoms with E-state index in [4.69, 9.17) is 4.74 Å². The second kappa shape index (κ2) is 7.12. The van der Waals surface area contributed by atoms with Crippen molar-refractivity contribution in [3.8, 4) is 0 Å². The molecule has 1 aliphatic heterocycles. The van der Waals surface area contributed by atoms with Crippen LogP contribution in [-0.4, -0.2) is 34.9 Å². The van der Waals surface area contributed by atoms with Crippen LogP contribution >= 0.6 is 0 Å². The van der Waals surface area contributed by atoms with Gasteiger partial charge < -0.3 is 9.64 Å². The van der Waals surface area contributed by atoms with Crippen LogP contribution in [0, 0.1) is 10.1 Å². The Morgan fingerprint density at radius 3 is 2.44 bits per heavy atom. The van der Waals surface area contributed by atoms with E-state index in [-0.39, 0.29) is 23.8 Å². The summed E-state index contributed by atoms with van der Waals surface area (Å²) in [6, 6.07) is 13.0. The predicted molar refractivity (Wildman–Crippen MR) is 88.9 cm³/mol. The number of esters is 1. The zero-order valence-electron chi connectivity index (χ0n) is 13.4. The maximum Gasteiger partial charge on any atom is 0.338 e. The van der Waals surface area contributed by atoms with Gasteiger partial charge in [0, 0.05) is 25.2 Å². The van der Waals surface area contributed by atoms with Crippen molar-refractivity contribution in [1.29, 1.82) is 0 Å². The van der Waals surface area contributed by atoms with Gasteiger partial charge >= 0.3 is 5.97 Å². The molecule has 0 saturated heterocycles. The number of ether oxygens (including phenoxy) is 1. The van der Waals surface area contributed by atoms with Crippen LogP contribution in [0.1, 0.15) is 21.5 Å². The standard InChI is InChI=1S/C18H16N2O5/c21-17(19-10-9-13-3-1-2-4-15(13)11-19)12-25-18(22)14-5-7-16(8-6-14)20(23)24/h1-8H,9-12H2. The van der Waals surface area contributed by atoms with E-state index in [1.165, 1.54) is 29.8 Å². The summed E-state index contributed by atoms with van der Waals surface area (Å²) in [5.74, 6) is -0.939. The van der Waals surface area contributed by atoms with Crippen molar-refractivity contribution in [3.05, 3.63) is 75.3 Å². The van der Waals surface area contributed by atoms with Crippen LogP contribution in [0.2, 0.25) is 0 Å². The molecule has 0 spiro atoms. The Bertz CT molecular complexity index is 816. The molecule has 0 N–H and O–H groups in total. The molecular formula is C18H16N2O5. The highest BCUT2D eigenvalue weighted by molar-refractivity contribution is 5.91. The molecule has 0 aromatic heterocycles. The third-order valence-corrected chi connectivity index (χ3v) is 4.12. The Morgan fingerprint density at radius 1 is 1.08 bits per heavy atom. The maximum atomic E-state index is 12.2. The summed E-state index contributed by atoms with van der Waals surface area (Å²) in [6.45, 7) is 0.743. The minimum atomic E-state index is -0.680. The van der Waals surface area contributed by atoms with Crippen LogP contribution < -0.4 is 0 Å². The fourth-order valence-corrected chi connectivity index (χ4v) is 2.73. The number of hydrogen-bond donors (Lipinski definition) is 0. The molecule has 1 amide bonds. The molecule has 7 nitrogen and oxygen atoms in total. The van der Waals surface area contributed by atoms with E-state index in [0.717, 1.165) is 12.0 Å². The van der Waals surface area contributed by atoms with Crippen molar-refractivity contribution in [1.82, 2.24) is 4.90 Å². The van der Waals surface area contributed by atoms with Crippen LogP contribution in [0.15, 0.2) is 48.5 Å². The lowest BCUT2D eigenvalue weighted by Gasteiger charge is -2.28. The van der Waals surface area contributed by atoms with E-state index in [0.29, 0.717) is 13.1 Å². The third kappa shape index (κ3) is 3.82. The molecule has 0 fully saturated rings. The number of rotatable bonds is 4. The number of nitrogens with zero attached hydrogens (tertiary/aromatic N) is 2. The summed E-state index contributed by atoms with van der Waals surface area (Å²) < 4.78 is 5.03. The third-order valence-electron chi connectivity index (χ3n) is 4.12. The highest BCUT2D eigenvalue weighted by Crippen LogP contribution is 2.18. The maximum absolute atomic E-state index is 12.2. The summed E-state index contributed by atoms with van der Waals surface area (Å²) in [6.07, 6.45) is 0.776. The number of hydrogen-bond acceptors (Lipinski definition) is 5. The monoisotopic (exact) mass is 340 g/mol. The van der Waals surface area contributed by atoms with Gasteiger partial charge in [-0.05, 0) is 29.7 Å². The normalized spacial score (nSPS) is 13.0. The lowest BCUT2D eigenvalue weighted by atomic mass is 10.00. The molecule has 2 aromatic carbocycles. The van der Waals surface area contributed by atoms with Gasteiger partial charge in [-0.3, -0.25) is 14.9 Å². The number of nitro benzene ring substituents is 1. The molecule has 0 aliphatic carbocycles. The first-order chi connectivity index (χ1) is 12.0. The van der Waals surface area contributed by atoms with Crippen molar-refractivity contribution < 1.29 is 19.2 Å². The quantitative estimate of drug-likeness (QED) is 0.484. The molecule has 1 heterocycles. The molecule has 0 radical (unpaired) electrons. The van der Waals surface area contributed by atoms with E-state index < -0.39 is 10.9 Å². The van der Waals surface area contributed by atoms with Gasteiger partial charge in [0.1, 0.15) is 0 Å². The first kappa shape index (κ1) is 16.6. The molecular weight excluding hydrogens is 324 g/mol. The number of benzene rings is 2. The van der Waals surface area contributed by atoms with Gasteiger partial charge in [-0.25, -0.2) is 4.79 Å². The van der Waals surface area contributed by atoms with Gasteiger partial charge in [-0.2, -0.15) is 0 Å². The van der Waals surface area contributed by atoms with Crippen molar-refractivity contribution in [2.24, 2.45) is 0 Å². The second-order valence-corrected chi connectivity index (χ2v) is 5.71. The van der Waals surface area contributed by atoms with Gasteiger partial charge in [-0.15, -0.1) is 0 Å². The Hall–Kier alpha value is -3.22. The molecule has 0 bridgehead atoms. The molecule has 0 saturated carbocycles.